The first-order valence-electron chi connectivity index (χ1n) is 11.2. The average molecular weight is 401 g/mol. The van der Waals surface area contributed by atoms with E-state index in [2.05, 4.69) is 20.9 Å². The van der Waals surface area contributed by atoms with Gasteiger partial charge in [0, 0.05) is 45.7 Å². The predicted octanol–water partition coefficient (Wildman–Crippen LogP) is 2.40. The minimum atomic E-state index is -0.0221. The molecule has 0 N–H and O–H groups in total. The largest absolute Gasteiger partial charge is 0.382 e. The Bertz CT molecular complexity index is 671. The summed E-state index contributed by atoms with van der Waals surface area (Å²) in [4.78, 5) is 24.6. The number of ether oxygens (including phenoxy) is 1. The second-order valence-corrected chi connectivity index (χ2v) is 9.26. The third-order valence-corrected chi connectivity index (χ3v) is 7.29. The molecule has 1 amide bonds. The minimum Gasteiger partial charge on any atom is -0.382 e. The first-order chi connectivity index (χ1) is 14.1. The lowest BCUT2D eigenvalue weighted by molar-refractivity contribution is -0.140. The number of methoxy groups -OCH3 is 1. The van der Waals surface area contributed by atoms with Gasteiger partial charge in [-0.25, -0.2) is 0 Å². The maximum absolute atomic E-state index is 13.2. The van der Waals surface area contributed by atoms with E-state index in [0.29, 0.717) is 18.6 Å². The van der Waals surface area contributed by atoms with Gasteiger partial charge in [0.15, 0.2) is 0 Å². The van der Waals surface area contributed by atoms with E-state index in [-0.39, 0.29) is 11.5 Å². The Morgan fingerprint density at radius 3 is 2.72 bits per heavy atom. The van der Waals surface area contributed by atoms with E-state index in [1.165, 1.54) is 18.4 Å². The zero-order valence-corrected chi connectivity index (χ0v) is 18.1. The Kier molecular flexibility index (Phi) is 6.52. The molecule has 0 spiro atoms. The summed E-state index contributed by atoms with van der Waals surface area (Å²) >= 11 is 0. The van der Waals surface area contributed by atoms with E-state index in [1.54, 1.807) is 7.11 Å². The van der Waals surface area contributed by atoms with E-state index >= 15 is 0 Å². The number of hydrogen-bond donors (Lipinski definition) is 0. The molecule has 1 aliphatic carbocycles. The second kappa shape index (κ2) is 9.11. The zero-order chi connectivity index (χ0) is 20.3. The SMILES string of the molecule is COCC1(N(C)C(=O)[C@@H]2CCCN(C3CCN(Cc4cccnc4)CC3)C2)CC1. The Labute approximate surface area is 175 Å². The van der Waals surface area contributed by atoms with Crippen LogP contribution in [0.3, 0.4) is 0 Å². The van der Waals surface area contributed by atoms with Crippen LogP contribution >= 0.6 is 0 Å². The van der Waals surface area contributed by atoms with Gasteiger partial charge in [0.1, 0.15) is 0 Å². The van der Waals surface area contributed by atoms with Crippen molar-refractivity contribution in [2.24, 2.45) is 5.92 Å². The Hall–Kier alpha value is -1.50. The summed E-state index contributed by atoms with van der Waals surface area (Å²) in [5, 5.41) is 0. The molecule has 3 heterocycles. The number of carbonyl (C=O) groups is 1. The lowest BCUT2D eigenvalue weighted by Gasteiger charge is -2.43. The molecular formula is C23H36N4O2. The number of piperidine rings is 2. The fraction of sp³-hybridized carbons (Fsp3) is 0.739. The molecule has 1 aromatic heterocycles. The Balaban J connectivity index is 1.27. The number of hydrogen-bond acceptors (Lipinski definition) is 5. The number of carbonyl (C=O) groups excluding carboxylic acids is 1. The van der Waals surface area contributed by atoms with Crippen LogP contribution in [-0.2, 0) is 16.1 Å². The quantitative estimate of drug-likeness (QED) is 0.703. The molecule has 1 aromatic rings. The molecule has 2 saturated heterocycles. The van der Waals surface area contributed by atoms with Gasteiger partial charge < -0.3 is 9.64 Å². The summed E-state index contributed by atoms with van der Waals surface area (Å²) in [5.74, 6) is 0.481. The van der Waals surface area contributed by atoms with Crippen molar-refractivity contribution >= 4 is 5.91 Å². The van der Waals surface area contributed by atoms with E-state index in [9.17, 15) is 4.79 Å². The van der Waals surface area contributed by atoms with Gasteiger partial charge >= 0.3 is 0 Å². The van der Waals surface area contributed by atoms with Crippen molar-refractivity contribution in [2.75, 3.05) is 46.9 Å². The average Bonchev–Trinajstić information content (AvgIpc) is 3.55. The van der Waals surface area contributed by atoms with Crippen LogP contribution in [0.4, 0.5) is 0 Å². The van der Waals surface area contributed by atoms with Crippen LogP contribution in [0, 0.1) is 5.92 Å². The number of likely N-dealkylation sites (N-methyl/N-ethyl adjacent to an activating group) is 1. The third-order valence-electron chi connectivity index (χ3n) is 7.29. The highest BCUT2D eigenvalue weighted by molar-refractivity contribution is 5.80. The normalized spacial score (nSPS) is 25.7. The fourth-order valence-electron chi connectivity index (χ4n) is 5.23. The first-order valence-corrected chi connectivity index (χ1v) is 11.2. The molecule has 6 nitrogen and oxygen atoms in total. The van der Waals surface area contributed by atoms with Crippen molar-refractivity contribution in [1.82, 2.24) is 19.7 Å². The van der Waals surface area contributed by atoms with Gasteiger partial charge in [-0.3, -0.25) is 19.6 Å². The zero-order valence-electron chi connectivity index (χ0n) is 18.1. The summed E-state index contributed by atoms with van der Waals surface area (Å²) in [6, 6.07) is 4.80. The maximum Gasteiger partial charge on any atom is 0.227 e. The van der Waals surface area contributed by atoms with Crippen LogP contribution in [0.25, 0.3) is 0 Å². The molecule has 29 heavy (non-hydrogen) atoms. The van der Waals surface area contributed by atoms with Crippen LogP contribution in [-0.4, -0.2) is 84.1 Å². The second-order valence-electron chi connectivity index (χ2n) is 9.26. The Morgan fingerprint density at radius 2 is 2.07 bits per heavy atom. The van der Waals surface area contributed by atoms with Crippen molar-refractivity contribution in [3.63, 3.8) is 0 Å². The summed E-state index contributed by atoms with van der Waals surface area (Å²) in [6.07, 6.45) is 10.5. The molecule has 1 atom stereocenters. The first kappa shape index (κ1) is 20.8. The number of pyridine rings is 1. The lowest BCUT2D eigenvalue weighted by Crippen LogP contribution is -2.52. The van der Waals surface area contributed by atoms with Gasteiger partial charge in [-0.2, -0.15) is 0 Å². The standard InChI is InChI=1S/C23H36N4O2/c1-25(23(9-10-23)18-29-2)22(28)20-6-4-12-27(17-20)21-7-13-26(14-8-21)16-19-5-3-11-24-15-19/h3,5,11,15,20-21H,4,6-10,12-14,16-18H2,1-2H3/t20-/m1/s1. The maximum atomic E-state index is 13.2. The lowest BCUT2D eigenvalue weighted by atomic mass is 9.92. The molecule has 2 aliphatic heterocycles. The van der Waals surface area contributed by atoms with Crippen molar-refractivity contribution < 1.29 is 9.53 Å². The minimum absolute atomic E-state index is 0.0221. The van der Waals surface area contributed by atoms with Gasteiger partial charge in [-0.1, -0.05) is 6.07 Å². The van der Waals surface area contributed by atoms with Gasteiger partial charge in [-0.15, -0.1) is 0 Å². The number of nitrogens with zero attached hydrogens (tertiary/aromatic N) is 4. The topological polar surface area (TPSA) is 48.9 Å². The van der Waals surface area contributed by atoms with E-state index < -0.39 is 0 Å². The van der Waals surface area contributed by atoms with E-state index in [0.717, 1.165) is 58.4 Å². The van der Waals surface area contributed by atoms with Gasteiger partial charge in [0.25, 0.3) is 0 Å². The van der Waals surface area contributed by atoms with Gasteiger partial charge in [-0.05, 0) is 69.8 Å². The van der Waals surface area contributed by atoms with Crippen molar-refractivity contribution in [1.29, 1.82) is 0 Å². The summed E-state index contributed by atoms with van der Waals surface area (Å²) < 4.78 is 5.38. The predicted molar refractivity (Wildman–Crippen MR) is 113 cm³/mol. The van der Waals surface area contributed by atoms with Crippen LogP contribution in [0.5, 0.6) is 0 Å². The van der Waals surface area contributed by atoms with Crippen LogP contribution in [0.1, 0.15) is 44.1 Å². The highest BCUT2D eigenvalue weighted by Gasteiger charge is 2.49. The molecule has 0 aromatic carbocycles. The molecule has 6 heteroatoms. The highest BCUT2D eigenvalue weighted by Crippen LogP contribution is 2.42. The van der Waals surface area contributed by atoms with Gasteiger partial charge in [0.2, 0.25) is 5.91 Å². The van der Waals surface area contributed by atoms with E-state index in [4.69, 9.17) is 4.74 Å². The number of aromatic nitrogens is 1. The number of likely N-dealkylation sites (tertiary alicyclic amines) is 2. The monoisotopic (exact) mass is 400 g/mol. The molecular weight excluding hydrogens is 364 g/mol. The molecule has 0 unspecified atom stereocenters. The third kappa shape index (κ3) is 4.81. The summed E-state index contributed by atoms with van der Waals surface area (Å²) in [6.45, 7) is 6.00. The number of rotatable bonds is 7. The smallest absolute Gasteiger partial charge is 0.227 e. The van der Waals surface area contributed by atoms with E-state index in [1.807, 2.05) is 30.4 Å². The van der Waals surface area contributed by atoms with Crippen molar-refractivity contribution in [3.05, 3.63) is 30.1 Å². The highest BCUT2D eigenvalue weighted by atomic mass is 16.5. The molecule has 4 rings (SSSR count). The summed E-state index contributed by atoms with van der Waals surface area (Å²) in [7, 11) is 3.73. The van der Waals surface area contributed by atoms with Crippen LogP contribution in [0.15, 0.2) is 24.5 Å². The molecule has 3 aliphatic rings. The Morgan fingerprint density at radius 1 is 1.28 bits per heavy atom. The number of amides is 1. The molecule has 160 valence electrons. The molecule has 0 radical (unpaired) electrons. The fourth-order valence-corrected chi connectivity index (χ4v) is 5.23. The van der Waals surface area contributed by atoms with Crippen molar-refractivity contribution in [2.45, 2.75) is 56.7 Å². The van der Waals surface area contributed by atoms with Crippen LogP contribution in [0.2, 0.25) is 0 Å². The molecule has 3 fully saturated rings. The van der Waals surface area contributed by atoms with Gasteiger partial charge in [0.05, 0.1) is 18.1 Å². The molecule has 0 bridgehead atoms. The van der Waals surface area contributed by atoms with Crippen LogP contribution < -0.4 is 0 Å². The van der Waals surface area contributed by atoms with Crippen molar-refractivity contribution in [3.8, 4) is 0 Å². The summed E-state index contributed by atoms with van der Waals surface area (Å²) in [5.41, 5.74) is 1.27. The molecule has 1 saturated carbocycles.